The van der Waals surface area contributed by atoms with E-state index in [1.807, 2.05) is 32.2 Å². The van der Waals surface area contributed by atoms with Gasteiger partial charge in [-0.1, -0.05) is 0 Å². The molecule has 0 fully saturated rings. The fourth-order valence-corrected chi connectivity index (χ4v) is 1.28. The highest BCUT2D eigenvalue weighted by atomic mass is 14.9. The van der Waals surface area contributed by atoms with E-state index in [4.69, 9.17) is 0 Å². The van der Waals surface area contributed by atoms with E-state index >= 15 is 0 Å². The van der Waals surface area contributed by atoms with Crippen LogP contribution in [0.1, 0.15) is 11.5 Å². The van der Waals surface area contributed by atoms with Crippen LogP contribution in [0.2, 0.25) is 0 Å². The van der Waals surface area contributed by atoms with Crippen LogP contribution < -0.4 is 0 Å². The van der Waals surface area contributed by atoms with Gasteiger partial charge in [0.1, 0.15) is 5.82 Å². The Labute approximate surface area is 76.9 Å². The van der Waals surface area contributed by atoms with E-state index in [0.717, 1.165) is 22.8 Å². The number of aromatic nitrogens is 3. The third-order valence-corrected chi connectivity index (χ3v) is 1.91. The van der Waals surface area contributed by atoms with Crippen molar-refractivity contribution in [1.82, 2.24) is 15.0 Å². The Balaban J connectivity index is 2.46. The molecule has 13 heavy (non-hydrogen) atoms. The van der Waals surface area contributed by atoms with E-state index in [1.54, 1.807) is 6.20 Å². The molecular formula is C10H11N3. The molecule has 0 aliphatic heterocycles. The zero-order valence-electron chi connectivity index (χ0n) is 7.70. The van der Waals surface area contributed by atoms with Crippen LogP contribution in [-0.4, -0.2) is 15.0 Å². The van der Waals surface area contributed by atoms with E-state index in [2.05, 4.69) is 15.0 Å². The molecule has 3 nitrogen and oxygen atoms in total. The van der Waals surface area contributed by atoms with Gasteiger partial charge in [0.05, 0.1) is 11.9 Å². The van der Waals surface area contributed by atoms with Crippen molar-refractivity contribution in [2.24, 2.45) is 0 Å². The summed E-state index contributed by atoms with van der Waals surface area (Å²) < 4.78 is 0. The molecule has 2 heterocycles. The zero-order valence-corrected chi connectivity index (χ0v) is 7.70. The van der Waals surface area contributed by atoms with E-state index in [9.17, 15) is 0 Å². The first kappa shape index (κ1) is 7.98. The summed E-state index contributed by atoms with van der Waals surface area (Å²) in [6.45, 7) is 3.92. The Hall–Kier alpha value is -1.64. The summed E-state index contributed by atoms with van der Waals surface area (Å²) in [6, 6.07) is 4.01. The minimum Gasteiger partial charge on any atom is -0.342 e. The van der Waals surface area contributed by atoms with Crippen molar-refractivity contribution in [3.8, 4) is 11.3 Å². The second kappa shape index (κ2) is 3.01. The smallest absolute Gasteiger partial charge is 0.103 e. The van der Waals surface area contributed by atoms with E-state index in [1.165, 1.54) is 0 Å². The third-order valence-electron chi connectivity index (χ3n) is 1.91. The number of pyridine rings is 1. The minimum atomic E-state index is 0.935. The van der Waals surface area contributed by atoms with Gasteiger partial charge in [-0.2, -0.15) is 0 Å². The third kappa shape index (κ3) is 1.59. The average molecular weight is 173 g/mol. The highest BCUT2D eigenvalue weighted by Gasteiger charge is 2.00. The molecule has 0 aliphatic rings. The van der Waals surface area contributed by atoms with Crippen molar-refractivity contribution in [2.75, 3.05) is 0 Å². The lowest BCUT2D eigenvalue weighted by Crippen LogP contribution is -1.82. The summed E-state index contributed by atoms with van der Waals surface area (Å²) in [6.07, 6.45) is 3.64. The molecule has 66 valence electrons. The van der Waals surface area contributed by atoms with Crippen molar-refractivity contribution >= 4 is 0 Å². The zero-order chi connectivity index (χ0) is 9.26. The van der Waals surface area contributed by atoms with Gasteiger partial charge in [0.15, 0.2) is 0 Å². The lowest BCUT2D eigenvalue weighted by Gasteiger charge is -1.97. The largest absolute Gasteiger partial charge is 0.342 e. The molecule has 0 unspecified atom stereocenters. The molecule has 0 amide bonds. The van der Waals surface area contributed by atoms with Crippen LogP contribution in [0.4, 0.5) is 0 Å². The Bertz CT molecular complexity index is 418. The van der Waals surface area contributed by atoms with E-state index < -0.39 is 0 Å². The van der Waals surface area contributed by atoms with Crippen molar-refractivity contribution < 1.29 is 0 Å². The van der Waals surface area contributed by atoms with Gasteiger partial charge < -0.3 is 4.98 Å². The number of nitrogens with one attached hydrogen (secondary N) is 1. The van der Waals surface area contributed by atoms with Crippen LogP contribution in [0.3, 0.4) is 0 Å². The number of nitrogens with zero attached hydrogens (tertiary/aromatic N) is 2. The van der Waals surface area contributed by atoms with E-state index in [0.29, 0.717) is 0 Å². The Kier molecular flexibility index (Phi) is 1.85. The van der Waals surface area contributed by atoms with Gasteiger partial charge in [0, 0.05) is 17.5 Å². The number of hydrogen-bond donors (Lipinski definition) is 1. The summed E-state index contributed by atoms with van der Waals surface area (Å²) in [7, 11) is 0. The molecule has 0 aliphatic carbocycles. The van der Waals surface area contributed by atoms with Gasteiger partial charge in [-0.25, -0.2) is 4.98 Å². The first-order valence-corrected chi connectivity index (χ1v) is 4.20. The van der Waals surface area contributed by atoms with Crippen LogP contribution in [0.15, 0.2) is 24.5 Å². The van der Waals surface area contributed by atoms with Gasteiger partial charge in [0.2, 0.25) is 0 Å². The van der Waals surface area contributed by atoms with Gasteiger partial charge in [-0.05, 0) is 26.0 Å². The van der Waals surface area contributed by atoms with Crippen LogP contribution in [0.5, 0.6) is 0 Å². The number of aromatic amines is 1. The van der Waals surface area contributed by atoms with Crippen LogP contribution in [0.25, 0.3) is 11.3 Å². The van der Waals surface area contributed by atoms with Crippen LogP contribution in [0, 0.1) is 13.8 Å². The molecule has 0 radical (unpaired) electrons. The maximum Gasteiger partial charge on any atom is 0.103 e. The quantitative estimate of drug-likeness (QED) is 0.717. The van der Waals surface area contributed by atoms with Crippen molar-refractivity contribution in [1.29, 1.82) is 0 Å². The number of aryl methyl sites for hydroxylation is 2. The topological polar surface area (TPSA) is 41.6 Å². The standard InChI is InChI=1S/C10H11N3/c1-7-5-9(3-4-11-7)10-6-12-8(2)13-10/h3-6H,1-2H3,(H,12,13). The maximum absolute atomic E-state index is 4.15. The average Bonchev–Trinajstić information content (AvgIpc) is 2.52. The Morgan fingerprint density at radius 2 is 2.08 bits per heavy atom. The molecular weight excluding hydrogens is 162 g/mol. The summed E-state index contributed by atoms with van der Waals surface area (Å²) in [5.41, 5.74) is 3.20. The molecule has 2 aromatic rings. The normalized spacial score (nSPS) is 10.3. The monoisotopic (exact) mass is 173 g/mol. The first-order chi connectivity index (χ1) is 6.25. The van der Waals surface area contributed by atoms with Gasteiger partial charge in [0.25, 0.3) is 0 Å². The van der Waals surface area contributed by atoms with Crippen LogP contribution in [-0.2, 0) is 0 Å². The molecule has 0 saturated carbocycles. The van der Waals surface area contributed by atoms with Crippen molar-refractivity contribution in [3.05, 3.63) is 36.0 Å². The maximum atomic E-state index is 4.15. The predicted molar refractivity (Wildman–Crippen MR) is 51.3 cm³/mol. The molecule has 1 N–H and O–H groups in total. The Morgan fingerprint density at radius 1 is 1.23 bits per heavy atom. The second-order valence-electron chi connectivity index (χ2n) is 3.07. The molecule has 0 bridgehead atoms. The summed E-state index contributed by atoms with van der Waals surface area (Å²) in [5.74, 6) is 0.935. The minimum absolute atomic E-state index is 0.935. The summed E-state index contributed by atoms with van der Waals surface area (Å²) in [5, 5.41) is 0. The summed E-state index contributed by atoms with van der Waals surface area (Å²) >= 11 is 0. The number of imidazole rings is 1. The number of rotatable bonds is 1. The lowest BCUT2D eigenvalue weighted by atomic mass is 10.2. The van der Waals surface area contributed by atoms with Gasteiger partial charge in [-0.3, -0.25) is 4.98 Å². The highest BCUT2D eigenvalue weighted by Crippen LogP contribution is 2.16. The second-order valence-corrected chi connectivity index (χ2v) is 3.07. The van der Waals surface area contributed by atoms with Crippen molar-refractivity contribution in [2.45, 2.75) is 13.8 Å². The van der Waals surface area contributed by atoms with Crippen molar-refractivity contribution in [3.63, 3.8) is 0 Å². The number of hydrogen-bond acceptors (Lipinski definition) is 2. The van der Waals surface area contributed by atoms with Gasteiger partial charge >= 0.3 is 0 Å². The fraction of sp³-hybridized carbons (Fsp3) is 0.200. The molecule has 2 rings (SSSR count). The van der Waals surface area contributed by atoms with E-state index in [-0.39, 0.29) is 0 Å². The molecule has 0 aromatic carbocycles. The van der Waals surface area contributed by atoms with Crippen LogP contribution >= 0.6 is 0 Å². The number of H-pyrrole nitrogens is 1. The molecule has 0 atom stereocenters. The summed E-state index contributed by atoms with van der Waals surface area (Å²) in [4.78, 5) is 11.5. The fourth-order valence-electron chi connectivity index (χ4n) is 1.28. The molecule has 0 spiro atoms. The highest BCUT2D eigenvalue weighted by molar-refractivity contribution is 5.58. The molecule has 3 heteroatoms. The Morgan fingerprint density at radius 3 is 2.69 bits per heavy atom. The van der Waals surface area contributed by atoms with Gasteiger partial charge in [-0.15, -0.1) is 0 Å². The first-order valence-electron chi connectivity index (χ1n) is 4.20. The molecule has 2 aromatic heterocycles. The predicted octanol–water partition coefficient (Wildman–Crippen LogP) is 2.09. The molecule has 0 saturated heterocycles. The SMILES string of the molecule is Cc1cc(-c2cnc(C)[nH]2)ccn1. The lowest BCUT2D eigenvalue weighted by molar-refractivity contribution is 1.15.